The van der Waals surface area contributed by atoms with Crippen LogP contribution in [0.3, 0.4) is 0 Å². The second-order valence-corrected chi connectivity index (χ2v) is 4.80. The average Bonchev–Trinajstić information content (AvgIpc) is 1.82. The van der Waals surface area contributed by atoms with Crippen LogP contribution < -0.4 is 0 Å². The number of nitrogens with zero attached hydrogens (tertiary/aromatic N) is 1. The predicted molar refractivity (Wildman–Crippen MR) is 47.4 cm³/mol. The van der Waals surface area contributed by atoms with Gasteiger partial charge in [0, 0.05) is 0 Å². The van der Waals surface area contributed by atoms with Crippen LogP contribution in [0.2, 0.25) is 0 Å². The maximum Gasteiger partial charge on any atom is 0.0888 e. The van der Waals surface area contributed by atoms with E-state index in [1.165, 1.54) is 43.0 Å². The number of fused-ring (bicyclic) bond motifs is 2. The topological polar surface area (TPSA) is 0 Å². The van der Waals surface area contributed by atoms with Gasteiger partial charge in [-0.05, 0) is 38.5 Å². The van der Waals surface area contributed by atoms with E-state index in [-0.39, 0.29) is 0 Å². The van der Waals surface area contributed by atoms with Gasteiger partial charge in [0.25, 0.3) is 0 Å². The van der Waals surface area contributed by atoms with E-state index in [4.69, 9.17) is 0 Å². The lowest BCUT2D eigenvalue weighted by Crippen LogP contribution is -2.60. The Morgan fingerprint density at radius 1 is 0.818 bits per heavy atom. The highest BCUT2D eigenvalue weighted by atomic mass is 15.4. The maximum atomic E-state index is 2.44. The molecule has 2 aliphatic heterocycles. The van der Waals surface area contributed by atoms with Crippen LogP contribution in [0.1, 0.15) is 38.5 Å². The Kier molecular flexibility index (Phi) is 1.71. The molecule has 2 fully saturated rings. The van der Waals surface area contributed by atoms with E-state index in [2.05, 4.69) is 14.1 Å². The highest BCUT2D eigenvalue weighted by Gasteiger charge is 2.42. The molecule has 0 spiro atoms. The van der Waals surface area contributed by atoms with Gasteiger partial charge in [-0.2, -0.15) is 0 Å². The fourth-order valence-electron chi connectivity index (χ4n) is 3.10. The van der Waals surface area contributed by atoms with Crippen molar-refractivity contribution in [3.8, 4) is 0 Å². The van der Waals surface area contributed by atoms with E-state index in [9.17, 15) is 0 Å². The number of hydrogen-bond donors (Lipinski definition) is 0. The fourth-order valence-corrected chi connectivity index (χ4v) is 3.10. The summed E-state index contributed by atoms with van der Waals surface area (Å²) in [5, 5.41) is 0. The van der Waals surface area contributed by atoms with Crippen LogP contribution >= 0.6 is 0 Å². The third-order valence-corrected chi connectivity index (χ3v) is 4.03. The molecule has 0 aliphatic carbocycles. The molecular weight excluding hydrogens is 134 g/mol. The van der Waals surface area contributed by atoms with Crippen molar-refractivity contribution < 1.29 is 4.48 Å². The van der Waals surface area contributed by atoms with Crippen LogP contribution in [-0.2, 0) is 0 Å². The third kappa shape index (κ3) is 1.10. The van der Waals surface area contributed by atoms with E-state index in [0.29, 0.717) is 0 Å². The highest BCUT2D eigenvalue weighted by molar-refractivity contribution is 4.77. The van der Waals surface area contributed by atoms with E-state index in [0.717, 1.165) is 12.1 Å². The van der Waals surface area contributed by atoms with Gasteiger partial charge in [0.05, 0.1) is 26.2 Å². The van der Waals surface area contributed by atoms with Crippen molar-refractivity contribution in [3.63, 3.8) is 0 Å². The molecule has 1 nitrogen and oxygen atoms in total. The van der Waals surface area contributed by atoms with Gasteiger partial charge in [0.1, 0.15) is 0 Å². The largest absolute Gasteiger partial charge is 0.324 e. The summed E-state index contributed by atoms with van der Waals surface area (Å²) in [5.74, 6) is 0. The first kappa shape index (κ1) is 7.60. The first-order chi connectivity index (χ1) is 5.21. The molecule has 0 radical (unpaired) electrons. The first-order valence-corrected chi connectivity index (χ1v) is 5.04. The Balaban J connectivity index is 2.17. The average molecular weight is 154 g/mol. The normalized spacial score (nSPS) is 42.0. The van der Waals surface area contributed by atoms with Gasteiger partial charge in [-0.25, -0.2) is 0 Å². The Morgan fingerprint density at radius 2 is 1.18 bits per heavy atom. The number of quaternary nitrogens is 1. The Hall–Kier alpha value is -0.0400. The van der Waals surface area contributed by atoms with Crippen molar-refractivity contribution >= 4 is 0 Å². The van der Waals surface area contributed by atoms with E-state index < -0.39 is 0 Å². The van der Waals surface area contributed by atoms with Gasteiger partial charge >= 0.3 is 0 Å². The van der Waals surface area contributed by atoms with Gasteiger partial charge < -0.3 is 4.48 Å². The summed E-state index contributed by atoms with van der Waals surface area (Å²) in [6, 6.07) is 2.00. The van der Waals surface area contributed by atoms with Crippen LogP contribution in [0, 0.1) is 0 Å². The molecule has 0 aromatic carbocycles. The molecule has 0 saturated carbocycles. The molecule has 0 amide bonds. The van der Waals surface area contributed by atoms with Gasteiger partial charge in [0.15, 0.2) is 0 Å². The summed E-state index contributed by atoms with van der Waals surface area (Å²) < 4.78 is 1.33. The molecule has 0 N–H and O–H groups in total. The molecule has 0 unspecified atom stereocenters. The highest BCUT2D eigenvalue weighted by Crippen LogP contribution is 2.37. The lowest BCUT2D eigenvalue weighted by Gasteiger charge is -2.51. The molecule has 64 valence electrons. The smallest absolute Gasteiger partial charge is 0.0888 e. The van der Waals surface area contributed by atoms with Gasteiger partial charge in [-0.3, -0.25) is 0 Å². The van der Waals surface area contributed by atoms with Crippen LogP contribution in [0.4, 0.5) is 0 Å². The van der Waals surface area contributed by atoms with Crippen molar-refractivity contribution in [2.24, 2.45) is 0 Å². The van der Waals surface area contributed by atoms with Crippen LogP contribution in [0.25, 0.3) is 0 Å². The second kappa shape index (κ2) is 2.48. The third-order valence-electron chi connectivity index (χ3n) is 4.03. The minimum Gasteiger partial charge on any atom is -0.324 e. The zero-order chi connectivity index (χ0) is 7.90. The SMILES string of the molecule is C[N+]1(C)C2CCCC1CCC2. The zero-order valence-corrected chi connectivity index (χ0v) is 7.84. The predicted octanol–water partition coefficient (Wildman–Crippen LogP) is 2.17. The molecule has 2 heterocycles. The van der Waals surface area contributed by atoms with Crippen molar-refractivity contribution in [2.75, 3.05) is 14.1 Å². The standard InChI is InChI=1S/C10H20N/c1-11(2)9-5-3-6-10(11)8-4-7-9/h9-10H,3-8H2,1-2H3/q+1. The lowest BCUT2D eigenvalue weighted by atomic mass is 9.83. The van der Waals surface area contributed by atoms with Crippen LogP contribution in [0.15, 0.2) is 0 Å². The summed E-state index contributed by atoms with van der Waals surface area (Å²) >= 11 is 0. The number of piperidine rings is 2. The molecule has 0 atom stereocenters. The summed E-state index contributed by atoms with van der Waals surface area (Å²) in [4.78, 5) is 0. The quantitative estimate of drug-likeness (QED) is 0.469. The minimum absolute atomic E-state index is 1.00. The molecule has 1 heteroatoms. The molecule has 11 heavy (non-hydrogen) atoms. The van der Waals surface area contributed by atoms with Crippen molar-refractivity contribution in [1.82, 2.24) is 0 Å². The molecule has 2 saturated heterocycles. The molecule has 2 aliphatic rings. The molecular formula is C10H20N+. The zero-order valence-electron chi connectivity index (χ0n) is 7.84. The minimum atomic E-state index is 1.00. The molecule has 2 rings (SSSR count). The second-order valence-electron chi connectivity index (χ2n) is 4.80. The monoisotopic (exact) mass is 154 g/mol. The van der Waals surface area contributed by atoms with Crippen molar-refractivity contribution in [2.45, 2.75) is 50.6 Å². The van der Waals surface area contributed by atoms with Gasteiger partial charge in [0.2, 0.25) is 0 Å². The van der Waals surface area contributed by atoms with Gasteiger partial charge in [-0.15, -0.1) is 0 Å². The van der Waals surface area contributed by atoms with Gasteiger partial charge in [-0.1, -0.05) is 0 Å². The Morgan fingerprint density at radius 3 is 1.45 bits per heavy atom. The van der Waals surface area contributed by atoms with Crippen LogP contribution in [-0.4, -0.2) is 30.7 Å². The Labute approximate surface area is 70.0 Å². The fraction of sp³-hybridized carbons (Fsp3) is 1.00. The van der Waals surface area contributed by atoms with E-state index >= 15 is 0 Å². The Bertz CT molecular complexity index is 127. The van der Waals surface area contributed by atoms with E-state index in [1.807, 2.05) is 0 Å². The molecule has 0 aromatic rings. The number of hydrogen-bond acceptors (Lipinski definition) is 0. The molecule has 0 aromatic heterocycles. The van der Waals surface area contributed by atoms with Crippen molar-refractivity contribution in [1.29, 1.82) is 0 Å². The summed E-state index contributed by atoms with van der Waals surface area (Å²) in [6.45, 7) is 0. The summed E-state index contributed by atoms with van der Waals surface area (Å²) in [6.07, 6.45) is 8.95. The first-order valence-electron chi connectivity index (χ1n) is 5.04. The van der Waals surface area contributed by atoms with E-state index in [1.54, 1.807) is 0 Å². The summed E-state index contributed by atoms with van der Waals surface area (Å²) in [5.41, 5.74) is 0. The lowest BCUT2D eigenvalue weighted by molar-refractivity contribution is -0.949. The number of rotatable bonds is 0. The van der Waals surface area contributed by atoms with Crippen molar-refractivity contribution in [3.05, 3.63) is 0 Å². The summed E-state index contributed by atoms with van der Waals surface area (Å²) in [7, 11) is 4.88. The van der Waals surface area contributed by atoms with Crippen LogP contribution in [0.5, 0.6) is 0 Å². The molecule has 2 bridgehead atoms. The maximum absolute atomic E-state index is 2.44.